The average molecular weight is 309 g/mol. The van der Waals surface area contributed by atoms with Crippen LogP contribution >= 0.6 is 11.8 Å². The van der Waals surface area contributed by atoms with Crippen molar-refractivity contribution in [2.24, 2.45) is 0 Å². The Hall–Kier alpha value is -1.49. The molecule has 0 spiro atoms. The number of esters is 1. The summed E-state index contributed by atoms with van der Waals surface area (Å²) < 4.78 is 4.62. The van der Waals surface area contributed by atoms with Crippen LogP contribution in [0.25, 0.3) is 0 Å². The summed E-state index contributed by atoms with van der Waals surface area (Å²) in [5.74, 6) is 0.341. The second kappa shape index (κ2) is 9.45. The molecule has 0 bridgehead atoms. The molecule has 0 aromatic heterocycles. The predicted molar refractivity (Wildman–Crippen MR) is 85.4 cm³/mol. The van der Waals surface area contributed by atoms with Gasteiger partial charge in [0, 0.05) is 23.6 Å². The fourth-order valence-corrected chi connectivity index (χ4v) is 2.67. The van der Waals surface area contributed by atoms with E-state index >= 15 is 0 Å². The zero-order valence-electron chi connectivity index (χ0n) is 12.9. The number of amides is 1. The highest BCUT2D eigenvalue weighted by molar-refractivity contribution is 7.99. The lowest BCUT2D eigenvalue weighted by molar-refractivity contribution is -0.146. The van der Waals surface area contributed by atoms with Gasteiger partial charge in [0.25, 0.3) is 0 Å². The van der Waals surface area contributed by atoms with E-state index in [-0.39, 0.29) is 18.4 Å². The number of aryl methyl sites for hydroxylation is 1. The summed E-state index contributed by atoms with van der Waals surface area (Å²) in [4.78, 5) is 26.2. The van der Waals surface area contributed by atoms with Crippen molar-refractivity contribution in [1.29, 1.82) is 0 Å². The summed E-state index contributed by atoms with van der Waals surface area (Å²) in [6.45, 7) is 4.66. The van der Waals surface area contributed by atoms with Crippen molar-refractivity contribution < 1.29 is 14.3 Å². The molecule has 5 heteroatoms. The molecule has 0 fully saturated rings. The van der Waals surface area contributed by atoms with Crippen molar-refractivity contribution >= 4 is 23.6 Å². The summed E-state index contributed by atoms with van der Waals surface area (Å²) in [6.07, 6.45) is 1.25. The van der Waals surface area contributed by atoms with E-state index in [1.807, 2.05) is 13.8 Å². The van der Waals surface area contributed by atoms with Crippen LogP contribution in [0.1, 0.15) is 25.3 Å². The van der Waals surface area contributed by atoms with Crippen molar-refractivity contribution in [2.75, 3.05) is 26.0 Å². The van der Waals surface area contributed by atoms with Gasteiger partial charge in [-0.25, -0.2) is 0 Å². The molecule has 1 aromatic rings. The van der Waals surface area contributed by atoms with Crippen molar-refractivity contribution in [1.82, 2.24) is 4.90 Å². The van der Waals surface area contributed by atoms with Crippen molar-refractivity contribution in [2.45, 2.75) is 31.6 Å². The summed E-state index contributed by atoms with van der Waals surface area (Å²) in [6, 6.07) is 8.24. The predicted octanol–water partition coefficient (Wildman–Crippen LogP) is 2.89. The molecule has 0 N–H and O–H groups in total. The Morgan fingerprint density at radius 1 is 1.24 bits per heavy atom. The van der Waals surface area contributed by atoms with E-state index in [1.54, 1.807) is 16.7 Å². The molecular formula is C16H23NO3S. The zero-order chi connectivity index (χ0) is 15.7. The Morgan fingerprint density at radius 2 is 1.90 bits per heavy atom. The first kappa shape index (κ1) is 17.6. The van der Waals surface area contributed by atoms with Crippen LogP contribution in [0.4, 0.5) is 0 Å². The maximum absolute atomic E-state index is 12.1. The van der Waals surface area contributed by atoms with E-state index in [2.05, 4.69) is 29.0 Å². The minimum Gasteiger partial charge on any atom is -0.468 e. The maximum Gasteiger partial charge on any atom is 0.325 e. The number of rotatable bonds is 8. The van der Waals surface area contributed by atoms with Crippen LogP contribution in [0.5, 0.6) is 0 Å². The Balaban J connectivity index is 2.42. The van der Waals surface area contributed by atoms with Gasteiger partial charge in [0.05, 0.1) is 7.11 Å². The van der Waals surface area contributed by atoms with Crippen LogP contribution in [0.2, 0.25) is 0 Å². The molecule has 1 amide bonds. The molecule has 0 heterocycles. The maximum atomic E-state index is 12.1. The Bertz CT molecular complexity index is 459. The van der Waals surface area contributed by atoms with E-state index in [0.717, 1.165) is 11.3 Å². The van der Waals surface area contributed by atoms with Crippen molar-refractivity contribution in [3.8, 4) is 0 Å². The number of nitrogens with zero attached hydrogens (tertiary/aromatic N) is 1. The van der Waals surface area contributed by atoms with E-state index in [4.69, 9.17) is 0 Å². The first-order chi connectivity index (χ1) is 10.1. The van der Waals surface area contributed by atoms with Gasteiger partial charge >= 0.3 is 5.97 Å². The monoisotopic (exact) mass is 309 g/mol. The number of hydrogen-bond acceptors (Lipinski definition) is 4. The van der Waals surface area contributed by atoms with Gasteiger partial charge in [-0.2, -0.15) is 0 Å². The molecule has 0 atom stereocenters. The number of methoxy groups -OCH3 is 1. The van der Waals surface area contributed by atoms with Gasteiger partial charge in [-0.3, -0.25) is 9.59 Å². The molecule has 0 aliphatic heterocycles. The highest BCUT2D eigenvalue weighted by atomic mass is 32.2. The lowest BCUT2D eigenvalue weighted by Gasteiger charge is -2.20. The first-order valence-electron chi connectivity index (χ1n) is 7.11. The van der Waals surface area contributed by atoms with E-state index in [9.17, 15) is 9.59 Å². The Morgan fingerprint density at radius 3 is 2.48 bits per heavy atom. The second-order valence-corrected chi connectivity index (χ2v) is 5.97. The molecule has 0 radical (unpaired) electrons. The molecule has 1 rings (SSSR count). The van der Waals surface area contributed by atoms with Gasteiger partial charge in [-0.05, 0) is 25.5 Å². The number of carbonyl (C=O) groups excluding carboxylic acids is 2. The highest BCUT2D eigenvalue weighted by Gasteiger charge is 2.16. The lowest BCUT2D eigenvalue weighted by atomic mass is 10.2. The summed E-state index contributed by atoms with van der Waals surface area (Å²) in [5.41, 5.74) is 1.22. The zero-order valence-corrected chi connectivity index (χ0v) is 13.7. The number of ether oxygens (including phenoxy) is 1. The summed E-state index contributed by atoms with van der Waals surface area (Å²) >= 11 is 1.65. The fourth-order valence-electron chi connectivity index (χ4n) is 1.83. The van der Waals surface area contributed by atoms with Crippen LogP contribution in [0.15, 0.2) is 29.2 Å². The van der Waals surface area contributed by atoms with Gasteiger partial charge in [0.2, 0.25) is 5.91 Å². The standard InChI is InChI=1S/C16H23NO3S/c1-4-10-17(12-16(19)20-3)15(18)9-11-21-14-7-5-13(2)6-8-14/h5-8H,4,9-12H2,1-3H3. The lowest BCUT2D eigenvalue weighted by Crippen LogP contribution is -2.36. The number of benzene rings is 1. The number of carbonyl (C=O) groups is 2. The molecule has 1 aromatic carbocycles. The minimum absolute atomic E-state index is 0.00172. The highest BCUT2D eigenvalue weighted by Crippen LogP contribution is 2.19. The SMILES string of the molecule is CCCN(CC(=O)OC)C(=O)CCSc1ccc(C)cc1. The van der Waals surface area contributed by atoms with Crippen molar-refractivity contribution in [3.05, 3.63) is 29.8 Å². The topological polar surface area (TPSA) is 46.6 Å². The largest absolute Gasteiger partial charge is 0.468 e. The van der Waals surface area contributed by atoms with Crippen molar-refractivity contribution in [3.63, 3.8) is 0 Å². The summed E-state index contributed by atoms with van der Waals surface area (Å²) in [7, 11) is 1.34. The van der Waals surface area contributed by atoms with Crippen LogP contribution in [0.3, 0.4) is 0 Å². The van der Waals surface area contributed by atoms with Gasteiger partial charge in [-0.15, -0.1) is 11.8 Å². The van der Waals surface area contributed by atoms with Crippen LogP contribution in [0, 0.1) is 6.92 Å². The Labute approximate surface area is 130 Å². The quantitative estimate of drug-likeness (QED) is 0.547. The Kier molecular flexibility index (Phi) is 7.90. The molecular weight excluding hydrogens is 286 g/mol. The average Bonchev–Trinajstić information content (AvgIpc) is 2.48. The van der Waals surface area contributed by atoms with Crippen LogP contribution in [-0.2, 0) is 14.3 Å². The molecule has 0 saturated heterocycles. The summed E-state index contributed by atoms with van der Waals surface area (Å²) in [5, 5.41) is 0. The molecule has 116 valence electrons. The fraction of sp³-hybridized carbons (Fsp3) is 0.500. The normalized spacial score (nSPS) is 10.2. The molecule has 4 nitrogen and oxygen atoms in total. The van der Waals surface area contributed by atoms with E-state index in [1.165, 1.54) is 12.7 Å². The van der Waals surface area contributed by atoms with Gasteiger partial charge in [-0.1, -0.05) is 24.6 Å². The van der Waals surface area contributed by atoms with E-state index < -0.39 is 0 Å². The third-order valence-corrected chi connectivity index (χ3v) is 4.01. The minimum atomic E-state index is -0.372. The molecule has 0 saturated carbocycles. The smallest absolute Gasteiger partial charge is 0.325 e. The third kappa shape index (κ3) is 6.67. The first-order valence-corrected chi connectivity index (χ1v) is 8.09. The molecule has 21 heavy (non-hydrogen) atoms. The molecule has 0 unspecified atom stereocenters. The second-order valence-electron chi connectivity index (χ2n) is 4.80. The van der Waals surface area contributed by atoms with Gasteiger partial charge in [0.15, 0.2) is 0 Å². The van der Waals surface area contributed by atoms with Crippen LogP contribution in [-0.4, -0.2) is 42.7 Å². The van der Waals surface area contributed by atoms with Crippen LogP contribution < -0.4 is 0 Å². The number of hydrogen-bond donors (Lipinski definition) is 0. The molecule has 0 aliphatic carbocycles. The van der Waals surface area contributed by atoms with Gasteiger partial charge < -0.3 is 9.64 Å². The molecule has 0 aliphatic rings. The number of thioether (sulfide) groups is 1. The van der Waals surface area contributed by atoms with Gasteiger partial charge in [0.1, 0.15) is 6.54 Å². The third-order valence-electron chi connectivity index (χ3n) is 3.00. The van der Waals surface area contributed by atoms with E-state index in [0.29, 0.717) is 18.7 Å².